The first-order chi connectivity index (χ1) is 19.2. The summed E-state index contributed by atoms with van der Waals surface area (Å²) in [6, 6.07) is 35.4. The van der Waals surface area contributed by atoms with E-state index in [1.54, 1.807) is 12.3 Å². The highest BCUT2D eigenvalue weighted by Crippen LogP contribution is 2.41. The molecule has 1 aliphatic rings. The Morgan fingerprint density at radius 3 is 2.26 bits per heavy atom. The molecule has 0 fully saturated rings. The maximum atomic E-state index is 13.0. The molecule has 0 spiro atoms. The first-order valence-corrected chi connectivity index (χ1v) is 12.9. The van der Waals surface area contributed by atoms with Crippen LogP contribution in [0.15, 0.2) is 146 Å². The van der Waals surface area contributed by atoms with Crippen LogP contribution in [0.5, 0.6) is 11.6 Å². The molecule has 1 atom stereocenters. The van der Waals surface area contributed by atoms with Gasteiger partial charge in [-0.15, -0.1) is 0 Å². The molecule has 188 valence electrons. The Morgan fingerprint density at radius 2 is 1.49 bits per heavy atom. The van der Waals surface area contributed by atoms with Gasteiger partial charge in [0.05, 0.1) is 17.2 Å². The van der Waals surface area contributed by atoms with E-state index in [4.69, 9.17) is 4.74 Å². The third-order valence-corrected chi connectivity index (χ3v) is 6.95. The Bertz CT molecular complexity index is 1700. The number of para-hydroxylation sites is 2. The average molecular weight is 507 g/mol. The van der Waals surface area contributed by atoms with Crippen LogP contribution in [-0.2, 0) is 5.41 Å². The molecule has 1 aliphatic carbocycles. The quantitative estimate of drug-likeness (QED) is 0.165. The molecule has 0 aliphatic heterocycles. The van der Waals surface area contributed by atoms with Crippen molar-refractivity contribution in [2.45, 2.75) is 11.8 Å². The van der Waals surface area contributed by atoms with Gasteiger partial charge in [-0.25, -0.2) is 9.97 Å². The number of rotatable bonds is 7. The molecule has 0 radical (unpaired) electrons. The van der Waals surface area contributed by atoms with E-state index in [1.165, 1.54) is 11.1 Å². The zero-order valence-electron chi connectivity index (χ0n) is 21.3. The summed E-state index contributed by atoms with van der Waals surface area (Å²) in [5, 5.41) is 0. The fourth-order valence-electron chi connectivity index (χ4n) is 4.89. The summed E-state index contributed by atoms with van der Waals surface area (Å²) < 4.78 is 6.03. The largest absolute Gasteiger partial charge is 0.437 e. The average Bonchev–Trinajstić information content (AvgIpc) is 3.01. The number of carbonyl (C=O) groups excluding carboxylic acids is 1. The van der Waals surface area contributed by atoms with Gasteiger partial charge in [0, 0.05) is 11.0 Å². The first-order valence-electron chi connectivity index (χ1n) is 12.9. The van der Waals surface area contributed by atoms with E-state index in [0.29, 0.717) is 17.2 Å². The van der Waals surface area contributed by atoms with Crippen molar-refractivity contribution in [3.63, 3.8) is 0 Å². The van der Waals surface area contributed by atoms with Gasteiger partial charge >= 0.3 is 0 Å². The molecule has 4 heteroatoms. The molecule has 0 N–H and O–H groups in total. The van der Waals surface area contributed by atoms with E-state index in [2.05, 4.69) is 52.5 Å². The Kier molecular flexibility index (Phi) is 6.67. The summed E-state index contributed by atoms with van der Waals surface area (Å²) in [6.07, 6.45) is 12.5. The van der Waals surface area contributed by atoms with Crippen LogP contribution in [0.4, 0.5) is 0 Å². The summed E-state index contributed by atoms with van der Waals surface area (Å²) in [4.78, 5) is 22.0. The van der Waals surface area contributed by atoms with Crippen LogP contribution in [0, 0.1) is 0 Å². The Balaban J connectivity index is 1.31. The van der Waals surface area contributed by atoms with Gasteiger partial charge in [0.1, 0.15) is 5.75 Å². The lowest BCUT2D eigenvalue weighted by molar-refractivity contribution is 0.104. The van der Waals surface area contributed by atoms with Crippen LogP contribution in [0.25, 0.3) is 16.6 Å². The third-order valence-electron chi connectivity index (χ3n) is 6.95. The predicted octanol–water partition coefficient (Wildman–Crippen LogP) is 8.14. The molecule has 0 amide bonds. The predicted molar refractivity (Wildman–Crippen MR) is 156 cm³/mol. The monoisotopic (exact) mass is 506 g/mol. The van der Waals surface area contributed by atoms with Crippen molar-refractivity contribution in [1.29, 1.82) is 0 Å². The normalized spacial score (nSPS) is 16.8. The second kappa shape index (κ2) is 10.7. The lowest BCUT2D eigenvalue weighted by Gasteiger charge is -2.32. The van der Waals surface area contributed by atoms with Crippen molar-refractivity contribution in [2.24, 2.45) is 0 Å². The second-order valence-electron chi connectivity index (χ2n) is 9.52. The van der Waals surface area contributed by atoms with E-state index >= 15 is 0 Å². The van der Waals surface area contributed by atoms with Crippen molar-refractivity contribution in [1.82, 2.24) is 9.97 Å². The van der Waals surface area contributed by atoms with E-state index in [-0.39, 0.29) is 5.78 Å². The number of ether oxygens (including phenoxy) is 1. The molecule has 1 aromatic heterocycles. The molecular formula is C35H26N2O2. The number of fused-ring (bicyclic) bond motifs is 1. The Hall–Kier alpha value is -5.09. The highest BCUT2D eigenvalue weighted by Gasteiger charge is 2.30. The van der Waals surface area contributed by atoms with Crippen LogP contribution in [0.1, 0.15) is 27.9 Å². The standard InChI is InChI=1S/C35H26N2O2/c38-33(27-12-5-2-6-13-27)21-23-35(22-9-14-28(24-35)26-10-3-1-4-11-26)29-17-19-30(20-18-29)39-34-25-36-31-15-7-8-16-32(31)37-34/h1-23,25H,24H2/b23-21+. The van der Waals surface area contributed by atoms with E-state index in [1.807, 2.05) is 91.0 Å². The lowest BCUT2D eigenvalue weighted by atomic mass is 9.71. The van der Waals surface area contributed by atoms with Crippen LogP contribution < -0.4 is 4.74 Å². The van der Waals surface area contributed by atoms with Gasteiger partial charge in [0.25, 0.3) is 0 Å². The van der Waals surface area contributed by atoms with E-state index in [9.17, 15) is 4.79 Å². The summed E-state index contributed by atoms with van der Waals surface area (Å²) in [6.45, 7) is 0. The lowest BCUT2D eigenvalue weighted by Crippen LogP contribution is -2.23. The number of allylic oxidation sites excluding steroid dienone is 6. The Morgan fingerprint density at radius 1 is 0.795 bits per heavy atom. The molecule has 1 heterocycles. The maximum absolute atomic E-state index is 13.0. The number of carbonyl (C=O) groups is 1. The van der Waals surface area contributed by atoms with Crippen molar-refractivity contribution in [3.8, 4) is 11.6 Å². The van der Waals surface area contributed by atoms with Gasteiger partial charge in [-0.1, -0.05) is 109 Å². The van der Waals surface area contributed by atoms with Crippen molar-refractivity contribution >= 4 is 22.4 Å². The summed E-state index contributed by atoms with van der Waals surface area (Å²) in [7, 11) is 0. The van der Waals surface area contributed by atoms with Gasteiger partial charge in [-0.3, -0.25) is 4.79 Å². The van der Waals surface area contributed by atoms with Gasteiger partial charge in [0.15, 0.2) is 5.78 Å². The van der Waals surface area contributed by atoms with Crippen molar-refractivity contribution in [3.05, 3.63) is 162 Å². The number of benzene rings is 4. The van der Waals surface area contributed by atoms with Gasteiger partial charge in [0.2, 0.25) is 5.88 Å². The second-order valence-corrected chi connectivity index (χ2v) is 9.52. The van der Waals surface area contributed by atoms with Crippen LogP contribution >= 0.6 is 0 Å². The molecule has 5 aromatic rings. The minimum atomic E-state index is -0.494. The molecule has 0 bridgehead atoms. The van der Waals surface area contributed by atoms with Crippen molar-refractivity contribution in [2.75, 3.05) is 0 Å². The van der Waals surface area contributed by atoms with E-state index in [0.717, 1.165) is 23.0 Å². The highest BCUT2D eigenvalue weighted by molar-refractivity contribution is 6.04. The molecule has 4 aromatic carbocycles. The number of hydrogen-bond acceptors (Lipinski definition) is 4. The minimum absolute atomic E-state index is 0.0194. The van der Waals surface area contributed by atoms with Gasteiger partial charge in [-0.2, -0.15) is 0 Å². The number of ketones is 1. The molecule has 0 saturated carbocycles. The Labute approximate surface area is 227 Å². The third kappa shape index (κ3) is 5.32. The maximum Gasteiger partial charge on any atom is 0.238 e. The van der Waals surface area contributed by atoms with Crippen LogP contribution in [0.2, 0.25) is 0 Å². The topological polar surface area (TPSA) is 52.1 Å². The first kappa shape index (κ1) is 24.3. The van der Waals surface area contributed by atoms with Gasteiger partial charge < -0.3 is 4.74 Å². The van der Waals surface area contributed by atoms with E-state index < -0.39 is 5.41 Å². The molecule has 4 nitrogen and oxygen atoms in total. The minimum Gasteiger partial charge on any atom is -0.437 e. The zero-order valence-corrected chi connectivity index (χ0v) is 21.3. The van der Waals surface area contributed by atoms with Crippen LogP contribution in [-0.4, -0.2) is 15.8 Å². The molecular weight excluding hydrogens is 480 g/mol. The number of aromatic nitrogens is 2. The highest BCUT2D eigenvalue weighted by atomic mass is 16.5. The smallest absolute Gasteiger partial charge is 0.238 e. The van der Waals surface area contributed by atoms with Gasteiger partial charge in [-0.05, 0) is 53.5 Å². The van der Waals surface area contributed by atoms with Crippen LogP contribution in [0.3, 0.4) is 0 Å². The molecule has 6 rings (SSSR count). The van der Waals surface area contributed by atoms with Crippen molar-refractivity contribution < 1.29 is 9.53 Å². The number of hydrogen-bond donors (Lipinski definition) is 0. The summed E-state index contributed by atoms with van der Waals surface area (Å²) >= 11 is 0. The zero-order chi connectivity index (χ0) is 26.5. The molecule has 0 saturated heterocycles. The number of nitrogens with zero attached hydrogens (tertiary/aromatic N) is 2. The summed E-state index contributed by atoms with van der Waals surface area (Å²) in [5.41, 5.74) is 5.23. The SMILES string of the molecule is O=C(/C=C/C1(c2ccc(Oc3cnc4ccccc4n3)cc2)C=CC=C(c2ccccc2)C1)c1ccccc1. The fraction of sp³-hybridized carbons (Fsp3) is 0.0571. The molecule has 1 unspecified atom stereocenters. The summed E-state index contributed by atoms with van der Waals surface area (Å²) in [5.74, 6) is 1.09. The fourth-order valence-corrected chi connectivity index (χ4v) is 4.89. The molecule has 39 heavy (non-hydrogen) atoms.